The van der Waals surface area contributed by atoms with Crippen LogP contribution in [0.3, 0.4) is 0 Å². The van der Waals surface area contributed by atoms with Gasteiger partial charge in [-0.25, -0.2) is 0 Å². The first kappa shape index (κ1) is 15.6. The van der Waals surface area contributed by atoms with Gasteiger partial charge in [0.2, 0.25) is 0 Å². The second-order valence-electron chi connectivity index (χ2n) is 5.95. The molecule has 1 saturated carbocycles. The van der Waals surface area contributed by atoms with Crippen molar-refractivity contribution in [2.45, 2.75) is 72.1 Å². The SMILES string of the molecule is CCNCc1cc(COC2CCCC(CC)C2)c(C)o1. The Morgan fingerprint density at radius 2 is 2.20 bits per heavy atom. The zero-order valence-corrected chi connectivity index (χ0v) is 13.2. The number of hydrogen-bond donors (Lipinski definition) is 1. The highest BCUT2D eigenvalue weighted by molar-refractivity contribution is 5.20. The van der Waals surface area contributed by atoms with Crippen LogP contribution in [0.4, 0.5) is 0 Å². The van der Waals surface area contributed by atoms with Crippen LogP contribution >= 0.6 is 0 Å². The largest absolute Gasteiger partial charge is 0.465 e. The summed E-state index contributed by atoms with van der Waals surface area (Å²) in [6.07, 6.45) is 6.89. The van der Waals surface area contributed by atoms with Gasteiger partial charge in [0.1, 0.15) is 11.5 Å². The summed E-state index contributed by atoms with van der Waals surface area (Å²) in [5.74, 6) is 2.88. The molecule has 0 aliphatic heterocycles. The van der Waals surface area contributed by atoms with Crippen LogP contribution in [0, 0.1) is 12.8 Å². The van der Waals surface area contributed by atoms with E-state index in [-0.39, 0.29) is 0 Å². The molecule has 114 valence electrons. The number of furan rings is 1. The number of rotatable bonds is 7. The van der Waals surface area contributed by atoms with Gasteiger partial charge in [0.15, 0.2) is 0 Å². The van der Waals surface area contributed by atoms with Gasteiger partial charge < -0.3 is 14.5 Å². The number of aryl methyl sites for hydroxylation is 1. The first-order chi connectivity index (χ1) is 9.72. The predicted octanol–water partition coefficient (Wildman–Crippen LogP) is 4.18. The summed E-state index contributed by atoms with van der Waals surface area (Å²) in [5.41, 5.74) is 1.21. The molecule has 1 aromatic rings. The van der Waals surface area contributed by atoms with Gasteiger partial charge in [-0.1, -0.05) is 33.1 Å². The van der Waals surface area contributed by atoms with Crippen molar-refractivity contribution in [2.75, 3.05) is 6.54 Å². The lowest BCUT2D eigenvalue weighted by Gasteiger charge is -2.28. The molecule has 3 nitrogen and oxygen atoms in total. The maximum absolute atomic E-state index is 6.12. The minimum atomic E-state index is 0.445. The van der Waals surface area contributed by atoms with Crippen molar-refractivity contribution in [3.05, 3.63) is 23.2 Å². The molecule has 20 heavy (non-hydrogen) atoms. The third-order valence-corrected chi connectivity index (χ3v) is 4.41. The zero-order valence-electron chi connectivity index (χ0n) is 13.2. The van der Waals surface area contributed by atoms with E-state index >= 15 is 0 Å². The first-order valence-electron chi connectivity index (χ1n) is 8.13. The van der Waals surface area contributed by atoms with Crippen molar-refractivity contribution < 1.29 is 9.15 Å². The lowest BCUT2D eigenvalue weighted by molar-refractivity contribution is 0.00134. The van der Waals surface area contributed by atoms with E-state index in [4.69, 9.17) is 9.15 Å². The average molecular weight is 279 g/mol. The van der Waals surface area contributed by atoms with Gasteiger partial charge >= 0.3 is 0 Å². The molecule has 2 unspecified atom stereocenters. The fraction of sp³-hybridized carbons (Fsp3) is 0.765. The zero-order chi connectivity index (χ0) is 14.4. The summed E-state index contributed by atoms with van der Waals surface area (Å²) in [6.45, 7) is 8.89. The van der Waals surface area contributed by atoms with E-state index in [2.05, 4.69) is 25.2 Å². The van der Waals surface area contributed by atoms with Crippen molar-refractivity contribution in [3.63, 3.8) is 0 Å². The highest BCUT2D eigenvalue weighted by Crippen LogP contribution is 2.29. The fourth-order valence-corrected chi connectivity index (χ4v) is 3.04. The Morgan fingerprint density at radius 3 is 2.95 bits per heavy atom. The minimum absolute atomic E-state index is 0.445. The van der Waals surface area contributed by atoms with Crippen molar-refractivity contribution in [2.24, 2.45) is 5.92 Å². The molecular formula is C17H29NO2. The van der Waals surface area contributed by atoms with Crippen LogP contribution in [0.15, 0.2) is 10.5 Å². The second kappa shape index (κ2) is 7.84. The summed E-state index contributed by atoms with van der Waals surface area (Å²) in [6, 6.07) is 2.14. The van der Waals surface area contributed by atoms with E-state index in [0.29, 0.717) is 12.7 Å². The van der Waals surface area contributed by atoms with Crippen LogP contribution < -0.4 is 5.32 Å². The maximum atomic E-state index is 6.12. The van der Waals surface area contributed by atoms with Crippen molar-refractivity contribution in [1.29, 1.82) is 0 Å². The summed E-state index contributed by atoms with van der Waals surface area (Å²) in [4.78, 5) is 0. The highest BCUT2D eigenvalue weighted by Gasteiger charge is 2.21. The molecule has 3 heteroatoms. The predicted molar refractivity (Wildman–Crippen MR) is 81.7 cm³/mol. The number of ether oxygens (including phenoxy) is 1. The van der Waals surface area contributed by atoms with E-state index < -0.39 is 0 Å². The molecule has 1 fully saturated rings. The first-order valence-corrected chi connectivity index (χ1v) is 8.13. The lowest BCUT2D eigenvalue weighted by atomic mass is 9.85. The molecule has 1 heterocycles. The van der Waals surface area contributed by atoms with Gasteiger partial charge in [0, 0.05) is 5.56 Å². The molecule has 1 aliphatic carbocycles. The summed E-state index contributed by atoms with van der Waals surface area (Å²) < 4.78 is 11.9. The summed E-state index contributed by atoms with van der Waals surface area (Å²) in [5, 5.41) is 3.29. The van der Waals surface area contributed by atoms with Gasteiger partial charge in [0.25, 0.3) is 0 Å². The van der Waals surface area contributed by atoms with Crippen molar-refractivity contribution in [1.82, 2.24) is 5.32 Å². The Bertz CT molecular complexity index is 400. The van der Waals surface area contributed by atoms with Crippen LogP contribution in [-0.2, 0) is 17.9 Å². The Morgan fingerprint density at radius 1 is 1.35 bits per heavy atom. The Hall–Kier alpha value is -0.800. The minimum Gasteiger partial charge on any atom is -0.465 e. The Labute approximate surface area is 123 Å². The van der Waals surface area contributed by atoms with Crippen LogP contribution in [0.2, 0.25) is 0 Å². The number of hydrogen-bond acceptors (Lipinski definition) is 3. The normalized spacial score (nSPS) is 23.1. The van der Waals surface area contributed by atoms with Crippen LogP contribution in [-0.4, -0.2) is 12.6 Å². The molecule has 1 N–H and O–H groups in total. The Kier molecular flexibility index (Phi) is 6.11. The molecule has 0 saturated heterocycles. The molecule has 1 aliphatic rings. The molecule has 0 amide bonds. The standard InChI is InChI=1S/C17H29NO2/c1-4-14-7-6-8-16(9-14)19-12-15-10-17(11-18-5-2)20-13(15)3/h10,14,16,18H,4-9,11-12H2,1-3H3. The number of nitrogens with one attached hydrogen (secondary N) is 1. The summed E-state index contributed by atoms with van der Waals surface area (Å²) >= 11 is 0. The van der Waals surface area contributed by atoms with E-state index in [0.717, 1.165) is 30.5 Å². The summed E-state index contributed by atoms with van der Waals surface area (Å²) in [7, 11) is 0. The van der Waals surface area contributed by atoms with E-state index in [1.807, 2.05) is 6.92 Å². The van der Waals surface area contributed by atoms with Crippen molar-refractivity contribution >= 4 is 0 Å². The second-order valence-corrected chi connectivity index (χ2v) is 5.95. The smallest absolute Gasteiger partial charge is 0.118 e. The highest BCUT2D eigenvalue weighted by atomic mass is 16.5. The molecule has 1 aromatic heterocycles. The van der Waals surface area contributed by atoms with Crippen LogP contribution in [0.1, 0.15) is 63.0 Å². The molecule has 2 atom stereocenters. The van der Waals surface area contributed by atoms with Gasteiger partial charge in [-0.05, 0) is 38.3 Å². The third kappa shape index (κ3) is 4.35. The van der Waals surface area contributed by atoms with Gasteiger partial charge in [-0.3, -0.25) is 0 Å². The third-order valence-electron chi connectivity index (χ3n) is 4.41. The molecular weight excluding hydrogens is 250 g/mol. The van der Waals surface area contributed by atoms with Crippen LogP contribution in [0.25, 0.3) is 0 Å². The Balaban J connectivity index is 1.82. The lowest BCUT2D eigenvalue weighted by Crippen LogP contribution is -2.22. The molecule has 0 aromatic carbocycles. The van der Waals surface area contributed by atoms with E-state index in [1.54, 1.807) is 0 Å². The molecule has 2 rings (SSSR count). The monoisotopic (exact) mass is 279 g/mol. The molecule has 0 radical (unpaired) electrons. The van der Waals surface area contributed by atoms with Crippen LogP contribution in [0.5, 0.6) is 0 Å². The quantitative estimate of drug-likeness (QED) is 0.813. The molecule has 0 bridgehead atoms. The topological polar surface area (TPSA) is 34.4 Å². The van der Waals surface area contributed by atoms with Gasteiger partial charge in [-0.15, -0.1) is 0 Å². The van der Waals surface area contributed by atoms with E-state index in [9.17, 15) is 0 Å². The van der Waals surface area contributed by atoms with Gasteiger partial charge in [-0.2, -0.15) is 0 Å². The van der Waals surface area contributed by atoms with Crippen molar-refractivity contribution in [3.8, 4) is 0 Å². The average Bonchev–Trinajstić information content (AvgIpc) is 2.83. The molecule has 0 spiro atoms. The van der Waals surface area contributed by atoms with Gasteiger partial charge in [0.05, 0.1) is 19.3 Å². The maximum Gasteiger partial charge on any atom is 0.118 e. The van der Waals surface area contributed by atoms with E-state index in [1.165, 1.54) is 37.7 Å². The fourth-order valence-electron chi connectivity index (χ4n) is 3.04.